The third-order valence-corrected chi connectivity index (χ3v) is 7.57. The Bertz CT molecular complexity index is 788. The van der Waals surface area contributed by atoms with Crippen LogP contribution in [0.5, 0.6) is 0 Å². The van der Waals surface area contributed by atoms with Crippen molar-refractivity contribution in [1.29, 1.82) is 0 Å². The fraction of sp³-hybridized carbons (Fsp3) is 0.545. The molecule has 1 aromatic carbocycles. The third kappa shape index (κ3) is 3.09. The lowest BCUT2D eigenvalue weighted by molar-refractivity contribution is -0.126. The Balaban J connectivity index is 1.26. The highest BCUT2D eigenvalue weighted by atomic mass is 32.1. The normalized spacial score (nSPS) is 32.0. The number of rotatable bonds is 4. The van der Waals surface area contributed by atoms with Gasteiger partial charge in [-0.1, -0.05) is 29.8 Å². The van der Waals surface area contributed by atoms with Crippen LogP contribution in [0.2, 0.25) is 0 Å². The summed E-state index contributed by atoms with van der Waals surface area (Å²) in [6.45, 7) is 2.09. The zero-order valence-corrected chi connectivity index (χ0v) is 16.1. The maximum Gasteiger partial charge on any atom is 0.226 e. The second-order valence-corrected chi connectivity index (χ2v) is 9.79. The molecule has 0 aliphatic heterocycles. The number of hydrogen-bond donors (Lipinski definition) is 1. The zero-order chi connectivity index (χ0) is 17.7. The average molecular weight is 367 g/mol. The van der Waals surface area contributed by atoms with Gasteiger partial charge < -0.3 is 5.32 Å². The lowest BCUT2D eigenvalue weighted by Gasteiger charge is -2.56. The molecule has 0 unspecified atom stereocenters. The van der Waals surface area contributed by atoms with Gasteiger partial charge in [0, 0.05) is 16.5 Å². The van der Waals surface area contributed by atoms with E-state index >= 15 is 0 Å². The molecule has 1 amide bonds. The van der Waals surface area contributed by atoms with Gasteiger partial charge in [0.15, 0.2) is 0 Å². The topological polar surface area (TPSA) is 42.0 Å². The molecule has 3 nitrogen and oxygen atoms in total. The predicted molar refractivity (Wildman–Crippen MR) is 105 cm³/mol. The number of carbonyl (C=O) groups excluding carboxylic acids is 1. The van der Waals surface area contributed by atoms with E-state index in [1.165, 1.54) is 44.1 Å². The molecule has 26 heavy (non-hydrogen) atoms. The first-order chi connectivity index (χ1) is 12.6. The van der Waals surface area contributed by atoms with Crippen LogP contribution in [0.15, 0.2) is 29.6 Å². The number of nitrogens with one attached hydrogen (secondary N) is 1. The smallest absolute Gasteiger partial charge is 0.226 e. The van der Waals surface area contributed by atoms with Gasteiger partial charge in [0.1, 0.15) is 5.01 Å². The van der Waals surface area contributed by atoms with E-state index in [0.29, 0.717) is 6.42 Å². The fourth-order valence-electron chi connectivity index (χ4n) is 5.99. The van der Waals surface area contributed by atoms with Crippen molar-refractivity contribution in [2.24, 2.45) is 17.8 Å². The number of thiazole rings is 1. The van der Waals surface area contributed by atoms with Crippen molar-refractivity contribution in [3.8, 4) is 10.6 Å². The van der Waals surface area contributed by atoms with Gasteiger partial charge >= 0.3 is 0 Å². The van der Waals surface area contributed by atoms with E-state index in [0.717, 1.165) is 34.0 Å². The van der Waals surface area contributed by atoms with Crippen LogP contribution in [-0.2, 0) is 11.2 Å². The van der Waals surface area contributed by atoms with Gasteiger partial charge in [-0.15, -0.1) is 11.3 Å². The molecule has 4 fully saturated rings. The summed E-state index contributed by atoms with van der Waals surface area (Å²) in [6.07, 6.45) is 8.23. The van der Waals surface area contributed by atoms with E-state index in [2.05, 4.69) is 36.5 Å². The van der Waals surface area contributed by atoms with Crippen LogP contribution in [0.3, 0.4) is 0 Å². The Kier molecular flexibility index (Phi) is 3.93. The Morgan fingerprint density at radius 2 is 1.73 bits per heavy atom. The maximum atomic E-state index is 12.7. The number of hydrogen-bond acceptors (Lipinski definition) is 3. The van der Waals surface area contributed by atoms with Gasteiger partial charge in [-0.2, -0.15) is 0 Å². The molecule has 4 heteroatoms. The molecule has 1 aromatic heterocycles. The molecule has 4 aliphatic rings. The summed E-state index contributed by atoms with van der Waals surface area (Å²) in [4.78, 5) is 17.4. The van der Waals surface area contributed by atoms with Crippen LogP contribution in [-0.4, -0.2) is 16.4 Å². The molecule has 0 radical (unpaired) electrons. The van der Waals surface area contributed by atoms with E-state index in [1.54, 1.807) is 11.3 Å². The van der Waals surface area contributed by atoms with Crippen molar-refractivity contribution in [2.45, 2.75) is 57.4 Å². The van der Waals surface area contributed by atoms with E-state index < -0.39 is 0 Å². The molecule has 6 rings (SSSR count). The first-order valence-electron chi connectivity index (χ1n) is 9.89. The molecule has 0 saturated heterocycles. The molecule has 0 spiro atoms. The SMILES string of the molecule is Cc1ccc(-c2nc(CC(=O)NC34CC5CC(CC(C5)C3)C4)cs2)cc1. The second kappa shape index (κ2) is 6.19. The molecule has 4 bridgehead atoms. The van der Waals surface area contributed by atoms with E-state index in [1.807, 2.05) is 5.38 Å². The lowest BCUT2D eigenvalue weighted by atomic mass is 9.53. The highest BCUT2D eigenvalue weighted by molar-refractivity contribution is 7.13. The molecule has 0 atom stereocenters. The summed E-state index contributed by atoms with van der Waals surface area (Å²) in [5, 5.41) is 6.49. The number of aromatic nitrogens is 1. The summed E-state index contributed by atoms with van der Waals surface area (Å²) in [5.74, 6) is 2.73. The van der Waals surface area contributed by atoms with Gasteiger partial charge in [-0.05, 0) is 63.2 Å². The van der Waals surface area contributed by atoms with E-state index in [4.69, 9.17) is 4.98 Å². The highest BCUT2D eigenvalue weighted by Gasteiger charge is 2.51. The third-order valence-electron chi connectivity index (χ3n) is 6.63. The van der Waals surface area contributed by atoms with Crippen molar-refractivity contribution < 1.29 is 4.79 Å². The minimum absolute atomic E-state index is 0.0989. The van der Waals surface area contributed by atoms with Crippen LogP contribution in [0, 0.1) is 24.7 Å². The average Bonchev–Trinajstić information content (AvgIpc) is 3.02. The molecule has 2 aromatic rings. The highest BCUT2D eigenvalue weighted by Crippen LogP contribution is 2.55. The molecule has 4 saturated carbocycles. The predicted octanol–water partition coefficient (Wildman–Crippen LogP) is 4.75. The molecule has 1 N–H and O–H groups in total. The van der Waals surface area contributed by atoms with Gasteiger partial charge in [0.2, 0.25) is 5.91 Å². The Hall–Kier alpha value is -1.68. The molecule has 136 valence electrons. The van der Waals surface area contributed by atoms with Crippen LogP contribution in [0.25, 0.3) is 10.6 Å². The minimum Gasteiger partial charge on any atom is -0.350 e. The van der Waals surface area contributed by atoms with Crippen molar-refractivity contribution >= 4 is 17.2 Å². The summed E-state index contributed by atoms with van der Waals surface area (Å²) >= 11 is 1.63. The van der Waals surface area contributed by atoms with Crippen molar-refractivity contribution in [3.63, 3.8) is 0 Å². The fourth-order valence-corrected chi connectivity index (χ4v) is 6.81. The largest absolute Gasteiger partial charge is 0.350 e. The molecular weight excluding hydrogens is 340 g/mol. The summed E-state index contributed by atoms with van der Waals surface area (Å²) < 4.78 is 0. The van der Waals surface area contributed by atoms with E-state index in [9.17, 15) is 4.79 Å². The number of nitrogens with zero attached hydrogens (tertiary/aromatic N) is 1. The Labute approximate surface area is 159 Å². The van der Waals surface area contributed by atoms with Gasteiger partial charge in [0.05, 0.1) is 12.1 Å². The van der Waals surface area contributed by atoms with E-state index in [-0.39, 0.29) is 11.4 Å². The number of carbonyl (C=O) groups is 1. The lowest BCUT2D eigenvalue weighted by Crippen LogP contribution is -2.60. The van der Waals surface area contributed by atoms with Crippen molar-refractivity contribution in [2.75, 3.05) is 0 Å². The van der Waals surface area contributed by atoms with Gasteiger partial charge in [-0.3, -0.25) is 4.79 Å². The molecule has 1 heterocycles. The second-order valence-electron chi connectivity index (χ2n) is 8.93. The summed E-state index contributed by atoms with van der Waals surface area (Å²) in [6, 6.07) is 8.42. The molecular formula is C22H26N2OS. The number of aryl methyl sites for hydroxylation is 1. The maximum absolute atomic E-state index is 12.7. The number of amides is 1. The monoisotopic (exact) mass is 366 g/mol. The minimum atomic E-state index is 0.0989. The first-order valence-corrected chi connectivity index (χ1v) is 10.8. The summed E-state index contributed by atoms with van der Waals surface area (Å²) in [5.41, 5.74) is 3.38. The van der Waals surface area contributed by atoms with Gasteiger partial charge in [-0.25, -0.2) is 4.98 Å². The zero-order valence-electron chi connectivity index (χ0n) is 15.3. The first kappa shape index (κ1) is 16.5. The van der Waals surface area contributed by atoms with Crippen LogP contribution >= 0.6 is 11.3 Å². The standard InChI is InChI=1S/C22H26N2OS/c1-14-2-4-18(5-3-14)21-23-19(13-26-21)9-20(25)24-22-10-15-6-16(11-22)8-17(7-15)12-22/h2-5,13,15-17H,6-12H2,1H3,(H,24,25). The molecule has 4 aliphatic carbocycles. The number of benzene rings is 1. The van der Waals surface area contributed by atoms with Crippen molar-refractivity contribution in [1.82, 2.24) is 10.3 Å². The quantitative estimate of drug-likeness (QED) is 0.849. The Morgan fingerprint density at radius 3 is 2.35 bits per heavy atom. The van der Waals surface area contributed by atoms with Crippen LogP contribution < -0.4 is 5.32 Å². The van der Waals surface area contributed by atoms with Crippen LogP contribution in [0.4, 0.5) is 0 Å². The van der Waals surface area contributed by atoms with Crippen LogP contribution in [0.1, 0.15) is 49.8 Å². The van der Waals surface area contributed by atoms with Gasteiger partial charge in [0.25, 0.3) is 0 Å². The Morgan fingerprint density at radius 1 is 1.12 bits per heavy atom. The van der Waals surface area contributed by atoms with Crippen molar-refractivity contribution in [3.05, 3.63) is 40.9 Å². The summed E-state index contributed by atoms with van der Waals surface area (Å²) in [7, 11) is 0.